The Morgan fingerprint density at radius 3 is 2.71 bits per heavy atom. The van der Waals surface area contributed by atoms with E-state index in [-0.39, 0.29) is 22.9 Å². The van der Waals surface area contributed by atoms with Crippen LogP contribution in [0.1, 0.15) is 23.4 Å². The van der Waals surface area contributed by atoms with Gasteiger partial charge in [0, 0.05) is 37.2 Å². The lowest BCUT2D eigenvalue weighted by molar-refractivity contribution is 0.0349. The highest BCUT2D eigenvalue weighted by Crippen LogP contribution is 2.26. The number of aromatic nitrogens is 1. The number of aliphatic hydroxyl groups excluding tert-OH is 1. The Kier molecular flexibility index (Phi) is 6.18. The van der Waals surface area contributed by atoms with Gasteiger partial charge in [0.2, 0.25) is 5.76 Å². The Hall–Kier alpha value is -3.39. The predicted molar refractivity (Wildman–Crippen MR) is 110 cm³/mol. The summed E-state index contributed by atoms with van der Waals surface area (Å²) in [6.07, 6.45) is -0.395. The molecule has 1 N–H and O–H groups in total. The fraction of sp³-hybridized carbons (Fsp3) is 0.304. The van der Waals surface area contributed by atoms with Crippen LogP contribution < -0.4 is 9.47 Å². The standard InChI is InChI=1S/C23H23FN2O5/c1-29-15-5-4-6-16(13-15)30-21-10-12-26(11-9-20(21)27)23(28)22-14-19(25-31-22)17-7-2-3-8-18(17)24/h2-8,13-14,20-21,27H,9-12H2,1H3/t20-,21-/m0/s1. The first kappa shape index (κ1) is 20.9. The lowest BCUT2D eigenvalue weighted by atomic mass is 10.1. The van der Waals surface area contributed by atoms with Crippen molar-refractivity contribution in [3.63, 3.8) is 0 Å². The molecule has 3 aromatic rings. The van der Waals surface area contributed by atoms with Crippen LogP contribution in [-0.4, -0.2) is 53.5 Å². The summed E-state index contributed by atoms with van der Waals surface area (Å²) in [5.74, 6) is 0.482. The lowest BCUT2D eigenvalue weighted by Gasteiger charge is -2.22. The third-order valence-corrected chi connectivity index (χ3v) is 5.29. The van der Waals surface area contributed by atoms with Crippen LogP contribution in [0.5, 0.6) is 11.5 Å². The van der Waals surface area contributed by atoms with Gasteiger partial charge in [0.15, 0.2) is 0 Å². The molecule has 2 atom stereocenters. The van der Waals surface area contributed by atoms with Crippen molar-refractivity contribution in [2.24, 2.45) is 0 Å². The highest BCUT2D eigenvalue weighted by molar-refractivity contribution is 5.92. The van der Waals surface area contributed by atoms with Crippen molar-refractivity contribution >= 4 is 5.91 Å². The van der Waals surface area contributed by atoms with Crippen molar-refractivity contribution < 1.29 is 28.3 Å². The maximum atomic E-state index is 14.0. The Morgan fingerprint density at radius 1 is 1.13 bits per heavy atom. The van der Waals surface area contributed by atoms with Gasteiger partial charge in [-0.05, 0) is 30.7 Å². The second-order valence-electron chi connectivity index (χ2n) is 7.33. The summed E-state index contributed by atoms with van der Waals surface area (Å²) in [5, 5.41) is 14.4. The molecule has 7 nitrogen and oxygen atoms in total. The molecule has 0 saturated carbocycles. The molecule has 1 aliphatic rings. The van der Waals surface area contributed by atoms with Crippen LogP contribution in [0.15, 0.2) is 59.1 Å². The third kappa shape index (κ3) is 4.69. The molecule has 0 aliphatic carbocycles. The fourth-order valence-electron chi connectivity index (χ4n) is 3.58. The van der Waals surface area contributed by atoms with E-state index < -0.39 is 18.0 Å². The van der Waals surface area contributed by atoms with E-state index in [4.69, 9.17) is 14.0 Å². The molecule has 0 bridgehead atoms. The Labute approximate surface area is 179 Å². The van der Waals surface area contributed by atoms with Crippen molar-refractivity contribution in [3.05, 3.63) is 66.2 Å². The second-order valence-corrected chi connectivity index (χ2v) is 7.33. The van der Waals surface area contributed by atoms with Gasteiger partial charge in [-0.1, -0.05) is 23.4 Å². The maximum Gasteiger partial charge on any atom is 0.292 e. The van der Waals surface area contributed by atoms with Gasteiger partial charge in [-0.2, -0.15) is 0 Å². The van der Waals surface area contributed by atoms with Crippen LogP contribution >= 0.6 is 0 Å². The van der Waals surface area contributed by atoms with E-state index in [1.165, 1.54) is 12.1 Å². The van der Waals surface area contributed by atoms with Crippen LogP contribution in [0.25, 0.3) is 11.3 Å². The molecule has 1 aromatic heterocycles. The normalized spacial score (nSPS) is 19.0. The first-order valence-corrected chi connectivity index (χ1v) is 10.0. The second kappa shape index (κ2) is 9.18. The molecule has 0 spiro atoms. The Bertz CT molecular complexity index is 1050. The molecule has 0 unspecified atom stereocenters. The summed E-state index contributed by atoms with van der Waals surface area (Å²) in [5.41, 5.74) is 0.527. The molecule has 4 rings (SSSR count). The molecule has 162 valence electrons. The quantitative estimate of drug-likeness (QED) is 0.672. The van der Waals surface area contributed by atoms with Crippen LogP contribution in [-0.2, 0) is 0 Å². The van der Waals surface area contributed by atoms with E-state index in [1.807, 2.05) is 12.1 Å². The number of hydrogen-bond acceptors (Lipinski definition) is 6. The Morgan fingerprint density at radius 2 is 1.90 bits per heavy atom. The molecular formula is C23H23FN2O5. The number of aliphatic hydroxyl groups is 1. The zero-order valence-electron chi connectivity index (χ0n) is 17.0. The molecular weight excluding hydrogens is 403 g/mol. The number of methoxy groups -OCH3 is 1. The lowest BCUT2D eigenvalue weighted by Crippen LogP contribution is -2.32. The molecule has 2 aromatic carbocycles. The summed E-state index contributed by atoms with van der Waals surface area (Å²) in [4.78, 5) is 14.5. The summed E-state index contributed by atoms with van der Waals surface area (Å²) in [6, 6.07) is 14.8. The average Bonchev–Trinajstić information content (AvgIpc) is 3.20. The SMILES string of the molecule is COc1cccc(O[C@H]2CCN(C(=O)c3cc(-c4ccccc4F)no3)CC[C@@H]2O)c1. The highest BCUT2D eigenvalue weighted by atomic mass is 19.1. The van der Waals surface area contributed by atoms with Crippen LogP contribution in [0.3, 0.4) is 0 Å². The van der Waals surface area contributed by atoms with Crippen molar-refractivity contribution in [3.8, 4) is 22.8 Å². The fourth-order valence-corrected chi connectivity index (χ4v) is 3.58. The molecule has 8 heteroatoms. The van der Waals surface area contributed by atoms with E-state index in [0.717, 1.165) is 0 Å². The van der Waals surface area contributed by atoms with Gasteiger partial charge in [0.25, 0.3) is 5.91 Å². The van der Waals surface area contributed by atoms with Gasteiger partial charge >= 0.3 is 0 Å². The number of carbonyl (C=O) groups is 1. The zero-order valence-corrected chi connectivity index (χ0v) is 17.0. The minimum Gasteiger partial charge on any atom is -0.497 e. The number of ether oxygens (including phenoxy) is 2. The van der Waals surface area contributed by atoms with Crippen molar-refractivity contribution in [2.75, 3.05) is 20.2 Å². The summed E-state index contributed by atoms with van der Waals surface area (Å²) in [7, 11) is 1.57. The van der Waals surface area contributed by atoms with Crippen molar-refractivity contribution in [1.29, 1.82) is 0 Å². The summed E-state index contributed by atoms with van der Waals surface area (Å²) < 4.78 is 30.3. The number of amides is 1. The predicted octanol–water partition coefficient (Wildman–Crippen LogP) is 3.53. The minimum atomic E-state index is -0.729. The molecule has 2 heterocycles. The number of nitrogens with zero attached hydrogens (tertiary/aromatic N) is 2. The van der Waals surface area contributed by atoms with E-state index in [2.05, 4.69) is 5.16 Å². The first-order valence-electron chi connectivity index (χ1n) is 10.0. The third-order valence-electron chi connectivity index (χ3n) is 5.29. The molecule has 31 heavy (non-hydrogen) atoms. The number of halogens is 1. The number of likely N-dealkylation sites (tertiary alicyclic amines) is 1. The van der Waals surface area contributed by atoms with Gasteiger partial charge in [-0.25, -0.2) is 4.39 Å². The van der Waals surface area contributed by atoms with Crippen molar-refractivity contribution in [1.82, 2.24) is 10.1 Å². The van der Waals surface area contributed by atoms with E-state index >= 15 is 0 Å². The number of benzene rings is 2. The summed E-state index contributed by atoms with van der Waals surface area (Å²) in [6.45, 7) is 0.716. The number of carbonyl (C=O) groups excluding carboxylic acids is 1. The molecule has 1 amide bonds. The molecule has 0 radical (unpaired) electrons. The van der Waals surface area contributed by atoms with Gasteiger partial charge in [0.1, 0.15) is 29.1 Å². The van der Waals surface area contributed by atoms with E-state index in [1.54, 1.807) is 42.3 Å². The topological polar surface area (TPSA) is 85.0 Å². The van der Waals surface area contributed by atoms with Crippen LogP contribution in [0.2, 0.25) is 0 Å². The smallest absolute Gasteiger partial charge is 0.292 e. The first-order chi connectivity index (χ1) is 15.0. The van der Waals surface area contributed by atoms with E-state index in [0.29, 0.717) is 37.4 Å². The van der Waals surface area contributed by atoms with Crippen LogP contribution in [0, 0.1) is 5.82 Å². The zero-order chi connectivity index (χ0) is 21.8. The minimum absolute atomic E-state index is 0.0277. The van der Waals surface area contributed by atoms with Gasteiger partial charge in [-0.3, -0.25) is 4.79 Å². The van der Waals surface area contributed by atoms with Crippen molar-refractivity contribution in [2.45, 2.75) is 25.0 Å². The number of hydrogen-bond donors (Lipinski definition) is 1. The Balaban J connectivity index is 1.43. The van der Waals surface area contributed by atoms with Gasteiger partial charge in [-0.15, -0.1) is 0 Å². The maximum absolute atomic E-state index is 14.0. The summed E-state index contributed by atoms with van der Waals surface area (Å²) >= 11 is 0. The van der Waals surface area contributed by atoms with E-state index in [9.17, 15) is 14.3 Å². The molecule has 1 saturated heterocycles. The van der Waals surface area contributed by atoms with Gasteiger partial charge < -0.3 is 24.0 Å². The molecule has 1 fully saturated rings. The largest absolute Gasteiger partial charge is 0.497 e. The van der Waals surface area contributed by atoms with Crippen LogP contribution in [0.4, 0.5) is 4.39 Å². The van der Waals surface area contributed by atoms with Gasteiger partial charge in [0.05, 0.1) is 13.2 Å². The highest BCUT2D eigenvalue weighted by Gasteiger charge is 2.30. The number of rotatable bonds is 5. The average molecular weight is 426 g/mol. The molecule has 1 aliphatic heterocycles. The monoisotopic (exact) mass is 426 g/mol.